The second-order valence-electron chi connectivity index (χ2n) is 6.85. The van der Waals surface area contributed by atoms with Gasteiger partial charge < -0.3 is 9.80 Å². The van der Waals surface area contributed by atoms with Crippen LogP contribution >= 0.6 is 11.3 Å². The molecule has 27 heavy (non-hydrogen) atoms. The minimum atomic E-state index is -0.400. The molecule has 0 unspecified atom stereocenters. The van der Waals surface area contributed by atoms with Gasteiger partial charge in [-0.3, -0.25) is 19.4 Å². The van der Waals surface area contributed by atoms with Gasteiger partial charge in [-0.2, -0.15) is 0 Å². The number of aromatic nitrogens is 1. The summed E-state index contributed by atoms with van der Waals surface area (Å²) in [6, 6.07) is 7.70. The summed E-state index contributed by atoms with van der Waals surface area (Å²) in [6.45, 7) is 3.34. The van der Waals surface area contributed by atoms with Crippen molar-refractivity contribution in [2.45, 2.75) is 6.54 Å². The summed E-state index contributed by atoms with van der Waals surface area (Å²) in [4.78, 5) is 47.2. The van der Waals surface area contributed by atoms with Crippen molar-refractivity contribution in [3.8, 4) is 0 Å². The average Bonchev–Trinajstić information content (AvgIpc) is 3.17. The van der Waals surface area contributed by atoms with Crippen LogP contribution in [0.1, 0.15) is 5.01 Å². The van der Waals surface area contributed by atoms with Crippen LogP contribution < -0.4 is 0 Å². The molecule has 2 aromatic rings. The fourth-order valence-corrected chi connectivity index (χ4v) is 4.40. The lowest BCUT2D eigenvalue weighted by molar-refractivity contribution is -0.137. The van der Waals surface area contributed by atoms with Crippen LogP contribution in [0.5, 0.6) is 0 Å². The molecule has 1 aromatic carbocycles. The third-order valence-electron chi connectivity index (χ3n) is 4.95. The maximum atomic E-state index is 12.5. The quantitative estimate of drug-likeness (QED) is 0.727. The van der Waals surface area contributed by atoms with Gasteiger partial charge in [0.2, 0.25) is 5.91 Å². The number of urea groups is 1. The van der Waals surface area contributed by atoms with E-state index >= 15 is 0 Å². The summed E-state index contributed by atoms with van der Waals surface area (Å²) >= 11 is 1.70. The summed E-state index contributed by atoms with van der Waals surface area (Å²) in [5.74, 6) is -0.489. The molecule has 1 aromatic heterocycles. The van der Waals surface area contributed by atoms with E-state index in [1.165, 1.54) is 9.60 Å². The van der Waals surface area contributed by atoms with Crippen LogP contribution in [0.3, 0.4) is 0 Å². The molecule has 2 fully saturated rings. The normalized spacial score (nSPS) is 18.8. The van der Waals surface area contributed by atoms with Crippen molar-refractivity contribution in [1.82, 2.24) is 24.6 Å². The first-order valence-electron chi connectivity index (χ1n) is 8.91. The van der Waals surface area contributed by atoms with E-state index in [2.05, 4.69) is 16.0 Å². The van der Waals surface area contributed by atoms with E-state index < -0.39 is 6.03 Å². The summed E-state index contributed by atoms with van der Waals surface area (Å²) in [5, 5.41) is 1.08. The number of hydrogen-bond donors (Lipinski definition) is 0. The third kappa shape index (κ3) is 3.65. The van der Waals surface area contributed by atoms with Gasteiger partial charge in [-0.1, -0.05) is 12.1 Å². The number of amides is 4. The minimum Gasteiger partial charge on any atom is -0.339 e. The Hall–Kier alpha value is -2.52. The van der Waals surface area contributed by atoms with Crippen LogP contribution in [0.2, 0.25) is 0 Å². The van der Waals surface area contributed by atoms with E-state index in [-0.39, 0.29) is 24.9 Å². The van der Waals surface area contributed by atoms with Crippen LogP contribution in [0.15, 0.2) is 24.3 Å². The Bertz CT molecular complexity index is 857. The Labute approximate surface area is 160 Å². The number of carbonyl (C=O) groups is 3. The molecule has 0 spiro atoms. The molecule has 4 rings (SSSR count). The topological polar surface area (TPSA) is 77.1 Å². The predicted molar refractivity (Wildman–Crippen MR) is 101 cm³/mol. The Morgan fingerprint density at radius 3 is 2.56 bits per heavy atom. The van der Waals surface area contributed by atoms with E-state index in [1.807, 2.05) is 18.2 Å². The van der Waals surface area contributed by atoms with Crippen LogP contribution in [-0.4, -0.2) is 88.7 Å². The van der Waals surface area contributed by atoms with Crippen molar-refractivity contribution in [3.63, 3.8) is 0 Å². The van der Waals surface area contributed by atoms with Gasteiger partial charge in [-0.05, 0) is 12.1 Å². The van der Waals surface area contributed by atoms with Crippen molar-refractivity contribution in [2.75, 3.05) is 46.3 Å². The molecule has 4 amide bonds. The van der Waals surface area contributed by atoms with Crippen molar-refractivity contribution in [1.29, 1.82) is 0 Å². The largest absolute Gasteiger partial charge is 0.339 e. The number of piperazine rings is 1. The first-order chi connectivity index (χ1) is 13.0. The standard InChI is InChI=1S/C18H21N5O3S/c1-20-11-17(25)23(18(20)26)12-16(24)22-8-6-21(7-9-22)10-15-19-13-4-2-3-5-14(13)27-15/h2-5H,6-12H2,1H3. The Morgan fingerprint density at radius 2 is 1.89 bits per heavy atom. The highest BCUT2D eigenvalue weighted by Gasteiger charge is 2.36. The van der Waals surface area contributed by atoms with Crippen molar-refractivity contribution in [2.24, 2.45) is 0 Å². The highest BCUT2D eigenvalue weighted by atomic mass is 32.1. The first-order valence-corrected chi connectivity index (χ1v) is 9.73. The zero-order valence-corrected chi connectivity index (χ0v) is 15.9. The maximum Gasteiger partial charge on any atom is 0.327 e. The fourth-order valence-electron chi connectivity index (χ4n) is 3.39. The number of carbonyl (C=O) groups excluding carboxylic acids is 3. The van der Waals surface area contributed by atoms with Crippen molar-refractivity contribution < 1.29 is 14.4 Å². The molecular formula is C18H21N5O3S. The van der Waals surface area contributed by atoms with Gasteiger partial charge in [0.1, 0.15) is 18.1 Å². The monoisotopic (exact) mass is 387 g/mol. The van der Waals surface area contributed by atoms with Crippen molar-refractivity contribution >= 4 is 39.4 Å². The number of para-hydroxylation sites is 1. The lowest BCUT2D eigenvalue weighted by Gasteiger charge is -2.34. The summed E-state index contributed by atoms with van der Waals surface area (Å²) < 4.78 is 1.19. The van der Waals surface area contributed by atoms with Gasteiger partial charge in [0, 0.05) is 33.2 Å². The van der Waals surface area contributed by atoms with E-state index in [9.17, 15) is 14.4 Å². The van der Waals surface area contributed by atoms with Gasteiger partial charge >= 0.3 is 6.03 Å². The van der Waals surface area contributed by atoms with Gasteiger partial charge in [-0.15, -0.1) is 11.3 Å². The molecule has 142 valence electrons. The molecule has 2 saturated heterocycles. The summed E-state index contributed by atoms with van der Waals surface area (Å²) in [7, 11) is 1.56. The maximum absolute atomic E-state index is 12.5. The lowest BCUT2D eigenvalue weighted by atomic mass is 10.3. The van der Waals surface area contributed by atoms with Crippen LogP contribution in [0.25, 0.3) is 10.2 Å². The number of likely N-dealkylation sites (N-methyl/N-ethyl adjacent to an activating group) is 1. The van der Waals surface area contributed by atoms with Crippen LogP contribution in [0.4, 0.5) is 4.79 Å². The Kier molecular flexibility index (Phi) is 4.79. The van der Waals surface area contributed by atoms with E-state index in [0.717, 1.165) is 35.1 Å². The second kappa shape index (κ2) is 7.24. The van der Waals surface area contributed by atoms with Gasteiger partial charge in [0.25, 0.3) is 5.91 Å². The first kappa shape index (κ1) is 17.9. The van der Waals surface area contributed by atoms with Gasteiger partial charge in [0.15, 0.2) is 0 Å². The smallest absolute Gasteiger partial charge is 0.327 e. The number of rotatable bonds is 4. The molecule has 3 heterocycles. The lowest BCUT2D eigenvalue weighted by Crippen LogP contribution is -2.51. The average molecular weight is 387 g/mol. The predicted octanol–water partition coefficient (Wildman–Crippen LogP) is 0.835. The molecule has 0 atom stereocenters. The Balaban J connectivity index is 1.30. The molecule has 9 heteroatoms. The minimum absolute atomic E-state index is 0.0437. The number of nitrogens with zero attached hydrogens (tertiary/aromatic N) is 5. The molecule has 0 bridgehead atoms. The van der Waals surface area contributed by atoms with E-state index in [0.29, 0.717) is 13.1 Å². The van der Waals surface area contributed by atoms with E-state index in [1.54, 1.807) is 23.3 Å². The highest BCUT2D eigenvalue weighted by molar-refractivity contribution is 7.18. The number of imide groups is 1. The fraction of sp³-hybridized carbons (Fsp3) is 0.444. The summed E-state index contributed by atoms with van der Waals surface area (Å²) in [6.07, 6.45) is 0. The molecule has 2 aliphatic rings. The highest BCUT2D eigenvalue weighted by Crippen LogP contribution is 2.23. The molecule has 0 saturated carbocycles. The molecule has 0 aliphatic carbocycles. The second-order valence-corrected chi connectivity index (χ2v) is 7.97. The SMILES string of the molecule is CN1CC(=O)N(CC(=O)N2CCN(Cc3nc4ccccc4s3)CC2)C1=O. The molecule has 0 N–H and O–H groups in total. The number of fused-ring (bicyclic) bond motifs is 1. The molecule has 0 radical (unpaired) electrons. The van der Waals surface area contributed by atoms with Crippen LogP contribution in [-0.2, 0) is 16.1 Å². The third-order valence-corrected chi connectivity index (χ3v) is 5.97. The molecular weight excluding hydrogens is 366 g/mol. The number of thiazole rings is 1. The molecule has 2 aliphatic heterocycles. The van der Waals surface area contributed by atoms with Crippen LogP contribution in [0, 0.1) is 0 Å². The van der Waals surface area contributed by atoms with Gasteiger partial charge in [-0.25, -0.2) is 9.78 Å². The van der Waals surface area contributed by atoms with Gasteiger partial charge in [0.05, 0.1) is 16.8 Å². The Morgan fingerprint density at radius 1 is 1.15 bits per heavy atom. The zero-order chi connectivity index (χ0) is 19.0. The van der Waals surface area contributed by atoms with Crippen molar-refractivity contribution in [3.05, 3.63) is 29.3 Å². The number of benzene rings is 1. The number of hydrogen-bond acceptors (Lipinski definition) is 6. The van der Waals surface area contributed by atoms with E-state index in [4.69, 9.17) is 0 Å². The zero-order valence-electron chi connectivity index (χ0n) is 15.1. The molecule has 8 nitrogen and oxygen atoms in total. The summed E-state index contributed by atoms with van der Waals surface area (Å²) in [5.41, 5.74) is 1.02.